The second kappa shape index (κ2) is 4.43. The summed E-state index contributed by atoms with van der Waals surface area (Å²) in [7, 11) is 0. The molecule has 1 aliphatic carbocycles. The lowest BCUT2D eigenvalue weighted by atomic mass is 9.78. The molecule has 118 valence electrons. The molecular formula is C16H18O6. The number of Topliss-reactive ketones (excluding diaryl/α,β-unsaturated/α-hetero) is 1. The summed E-state index contributed by atoms with van der Waals surface area (Å²) in [5.74, 6) is -1.63. The van der Waals surface area contributed by atoms with Crippen molar-refractivity contribution in [2.45, 2.75) is 57.0 Å². The van der Waals surface area contributed by atoms with Crippen LogP contribution in [0.3, 0.4) is 0 Å². The summed E-state index contributed by atoms with van der Waals surface area (Å²) in [6.07, 6.45) is 0.455. The number of aliphatic hydroxyl groups excluding tert-OH is 1. The topological polar surface area (TPSA) is 86.0 Å². The van der Waals surface area contributed by atoms with Gasteiger partial charge >= 0.3 is 5.63 Å². The van der Waals surface area contributed by atoms with E-state index in [-0.39, 0.29) is 23.9 Å². The molecule has 1 spiro atoms. The van der Waals surface area contributed by atoms with Gasteiger partial charge in [-0.15, -0.1) is 0 Å². The highest BCUT2D eigenvalue weighted by Gasteiger charge is 2.62. The fourth-order valence-corrected chi connectivity index (χ4v) is 4.16. The Morgan fingerprint density at radius 3 is 2.82 bits per heavy atom. The Labute approximate surface area is 127 Å². The molecule has 6 heteroatoms. The lowest BCUT2D eigenvalue weighted by Gasteiger charge is -2.42. The third-order valence-corrected chi connectivity index (χ3v) is 4.99. The Morgan fingerprint density at radius 2 is 2.14 bits per heavy atom. The average Bonchev–Trinajstić information content (AvgIpc) is 2.91. The first-order valence-corrected chi connectivity index (χ1v) is 7.63. The molecule has 1 saturated heterocycles. The summed E-state index contributed by atoms with van der Waals surface area (Å²) in [5, 5.41) is 10.3. The quantitative estimate of drug-likeness (QED) is 0.777. The van der Waals surface area contributed by atoms with E-state index in [1.807, 2.05) is 6.92 Å². The summed E-state index contributed by atoms with van der Waals surface area (Å²) in [6.45, 7) is 3.60. The molecule has 2 fully saturated rings. The first-order chi connectivity index (χ1) is 10.4. The summed E-state index contributed by atoms with van der Waals surface area (Å²) < 4.78 is 17.1. The number of rotatable bonds is 0. The molecule has 6 nitrogen and oxygen atoms in total. The Bertz CT molecular complexity index is 707. The van der Waals surface area contributed by atoms with Gasteiger partial charge in [0.1, 0.15) is 17.3 Å². The van der Waals surface area contributed by atoms with E-state index in [4.69, 9.17) is 13.9 Å². The molecule has 5 atom stereocenters. The number of hydrogen-bond donors (Lipinski definition) is 1. The van der Waals surface area contributed by atoms with Gasteiger partial charge < -0.3 is 19.0 Å². The first kappa shape index (κ1) is 14.0. The molecule has 3 heterocycles. The second-order valence-electron chi connectivity index (χ2n) is 6.54. The molecule has 1 N–H and O–H groups in total. The van der Waals surface area contributed by atoms with Gasteiger partial charge in [0.25, 0.3) is 0 Å². The number of ketones is 1. The van der Waals surface area contributed by atoms with Crippen molar-refractivity contribution in [3.63, 3.8) is 0 Å². The van der Waals surface area contributed by atoms with Crippen LogP contribution < -0.4 is 10.4 Å². The maximum atomic E-state index is 12.4. The monoisotopic (exact) mass is 306 g/mol. The van der Waals surface area contributed by atoms with Crippen molar-refractivity contribution in [1.82, 2.24) is 0 Å². The predicted molar refractivity (Wildman–Crippen MR) is 74.7 cm³/mol. The zero-order chi connectivity index (χ0) is 15.6. The van der Waals surface area contributed by atoms with Crippen molar-refractivity contribution >= 4 is 5.78 Å². The summed E-state index contributed by atoms with van der Waals surface area (Å²) in [5.41, 5.74) is -0.276. The molecule has 1 saturated carbocycles. The highest BCUT2D eigenvalue weighted by molar-refractivity contribution is 5.87. The van der Waals surface area contributed by atoms with Crippen LogP contribution in [0.5, 0.6) is 5.75 Å². The van der Waals surface area contributed by atoms with Crippen LogP contribution in [-0.2, 0) is 9.53 Å². The number of carbonyl (C=O) groups is 1. The van der Waals surface area contributed by atoms with Gasteiger partial charge in [0.15, 0.2) is 0 Å². The van der Waals surface area contributed by atoms with Crippen molar-refractivity contribution in [1.29, 1.82) is 0 Å². The van der Waals surface area contributed by atoms with Gasteiger partial charge in [-0.1, -0.05) is 0 Å². The van der Waals surface area contributed by atoms with Crippen LogP contribution in [-0.4, -0.2) is 28.9 Å². The zero-order valence-electron chi connectivity index (χ0n) is 12.5. The average molecular weight is 306 g/mol. The fraction of sp³-hybridized carbons (Fsp3) is 0.625. The molecule has 0 radical (unpaired) electrons. The molecular weight excluding hydrogens is 288 g/mol. The number of aliphatic hydroxyl groups is 1. The number of aryl methyl sites for hydroxylation is 1. The van der Waals surface area contributed by atoms with Gasteiger partial charge in [-0.2, -0.15) is 0 Å². The summed E-state index contributed by atoms with van der Waals surface area (Å²) >= 11 is 0. The van der Waals surface area contributed by atoms with Crippen LogP contribution in [0.1, 0.15) is 43.4 Å². The van der Waals surface area contributed by atoms with Crippen LogP contribution in [0.4, 0.5) is 0 Å². The Kier molecular flexibility index (Phi) is 2.81. The van der Waals surface area contributed by atoms with E-state index >= 15 is 0 Å². The largest absolute Gasteiger partial charge is 0.461 e. The lowest BCUT2D eigenvalue weighted by molar-refractivity contribution is -0.213. The van der Waals surface area contributed by atoms with E-state index in [1.54, 1.807) is 13.0 Å². The van der Waals surface area contributed by atoms with Gasteiger partial charge in [-0.25, -0.2) is 4.79 Å². The van der Waals surface area contributed by atoms with Crippen molar-refractivity contribution < 1.29 is 23.8 Å². The van der Waals surface area contributed by atoms with Crippen LogP contribution in [0.2, 0.25) is 0 Å². The number of fused-ring (bicyclic) bond motifs is 4. The Hall–Kier alpha value is -1.66. The normalized spacial score (nSPS) is 39.7. The third-order valence-electron chi connectivity index (χ3n) is 4.99. The van der Waals surface area contributed by atoms with E-state index in [2.05, 4.69) is 0 Å². The van der Waals surface area contributed by atoms with Crippen LogP contribution in [0, 0.1) is 12.8 Å². The first-order valence-electron chi connectivity index (χ1n) is 7.63. The molecule has 4 rings (SSSR count). The Balaban J connectivity index is 1.93. The van der Waals surface area contributed by atoms with Crippen molar-refractivity contribution in [2.75, 3.05) is 0 Å². The van der Waals surface area contributed by atoms with Crippen LogP contribution >= 0.6 is 0 Å². The number of carbonyl (C=O) groups excluding carboxylic acids is 1. The minimum Gasteiger partial charge on any atom is -0.461 e. The molecule has 5 unspecified atom stereocenters. The minimum atomic E-state index is -1.06. The van der Waals surface area contributed by atoms with Crippen LogP contribution in [0.15, 0.2) is 15.3 Å². The lowest BCUT2D eigenvalue weighted by Crippen LogP contribution is -2.52. The van der Waals surface area contributed by atoms with E-state index in [1.165, 1.54) is 0 Å². The van der Waals surface area contributed by atoms with Gasteiger partial charge in [0.05, 0.1) is 23.7 Å². The highest BCUT2D eigenvalue weighted by Crippen LogP contribution is 2.54. The van der Waals surface area contributed by atoms with E-state index in [9.17, 15) is 14.7 Å². The van der Waals surface area contributed by atoms with Gasteiger partial charge in [0.2, 0.25) is 5.79 Å². The van der Waals surface area contributed by atoms with Crippen LogP contribution in [0.25, 0.3) is 0 Å². The third kappa shape index (κ3) is 1.74. The SMILES string of the molecule is Cc1cc2c(c(=O)o1)C1C(O)CC(=O)C1C1(CCC(C)O1)O2. The summed E-state index contributed by atoms with van der Waals surface area (Å²) in [6, 6.07) is 1.64. The maximum absolute atomic E-state index is 12.4. The van der Waals surface area contributed by atoms with E-state index in [0.717, 1.165) is 6.42 Å². The highest BCUT2D eigenvalue weighted by atomic mass is 16.7. The maximum Gasteiger partial charge on any atom is 0.343 e. The standard InChI is InChI=1S/C16H18O6/c1-7-3-4-16(21-7)14-10(18)6-9(17)12(14)13-11(22-16)5-8(2)20-15(13)19/h5,7,9,12,14,17H,3-4,6H2,1-2H3. The molecule has 22 heavy (non-hydrogen) atoms. The number of ether oxygens (including phenoxy) is 2. The van der Waals surface area contributed by atoms with E-state index in [0.29, 0.717) is 17.9 Å². The van der Waals surface area contributed by atoms with Gasteiger partial charge in [-0.05, 0) is 20.3 Å². The van der Waals surface area contributed by atoms with E-state index < -0.39 is 29.4 Å². The van der Waals surface area contributed by atoms with Crippen molar-refractivity contribution in [2.24, 2.45) is 5.92 Å². The molecule has 0 aromatic carbocycles. The Morgan fingerprint density at radius 1 is 1.36 bits per heavy atom. The molecule has 3 aliphatic rings. The predicted octanol–water partition coefficient (Wildman–Crippen LogP) is 1.27. The van der Waals surface area contributed by atoms with Crippen molar-refractivity contribution in [3.8, 4) is 5.75 Å². The number of hydrogen-bond acceptors (Lipinski definition) is 6. The molecule has 0 bridgehead atoms. The van der Waals surface area contributed by atoms with Gasteiger partial charge in [-0.3, -0.25) is 4.79 Å². The minimum absolute atomic E-state index is 0.0188. The summed E-state index contributed by atoms with van der Waals surface area (Å²) in [4.78, 5) is 24.7. The zero-order valence-corrected chi connectivity index (χ0v) is 12.5. The molecule has 1 aromatic rings. The molecule has 2 aliphatic heterocycles. The molecule has 1 aromatic heterocycles. The smallest absolute Gasteiger partial charge is 0.343 e. The van der Waals surface area contributed by atoms with Crippen molar-refractivity contribution in [3.05, 3.63) is 27.8 Å². The molecule has 0 amide bonds. The fourth-order valence-electron chi connectivity index (χ4n) is 4.16. The van der Waals surface area contributed by atoms with Gasteiger partial charge in [0, 0.05) is 24.8 Å². The second-order valence-corrected chi connectivity index (χ2v) is 6.54.